The van der Waals surface area contributed by atoms with E-state index < -0.39 is 24.1 Å². The molecule has 0 bridgehead atoms. The number of benzene rings is 1. The summed E-state index contributed by atoms with van der Waals surface area (Å²) in [6, 6.07) is 7.96. The first-order chi connectivity index (χ1) is 15.0. The molecular formula is C21H23FN6O3. The van der Waals surface area contributed by atoms with Crippen molar-refractivity contribution in [1.29, 1.82) is 0 Å². The van der Waals surface area contributed by atoms with E-state index in [-0.39, 0.29) is 6.54 Å². The molecule has 0 spiro atoms. The molecule has 0 saturated carbocycles. The van der Waals surface area contributed by atoms with Crippen LogP contribution in [-0.4, -0.2) is 55.1 Å². The maximum Gasteiger partial charge on any atom is 0.414 e. The van der Waals surface area contributed by atoms with E-state index in [9.17, 15) is 14.3 Å². The first kappa shape index (κ1) is 20.9. The van der Waals surface area contributed by atoms with Gasteiger partial charge in [0.2, 0.25) is 5.82 Å². The van der Waals surface area contributed by atoms with E-state index in [1.54, 1.807) is 37.4 Å². The van der Waals surface area contributed by atoms with Gasteiger partial charge in [-0.2, -0.15) is 4.80 Å². The lowest BCUT2D eigenvalue weighted by Crippen LogP contribution is -2.30. The fourth-order valence-corrected chi connectivity index (χ4v) is 3.39. The van der Waals surface area contributed by atoms with Crippen LogP contribution in [0.15, 0.2) is 36.5 Å². The number of amides is 1. The van der Waals surface area contributed by atoms with Crippen LogP contribution in [0.25, 0.3) is 22.6 Å². The second-order valence-electron chi connectivity index (χ2n) is 7.31. The summed E-state index contributed by atoms with van der Waals surface area (Å²) in [5.74, 6) is -0.0847. The summed E-state index contributed by atoms with van der Waals surface area (Å²) in [5.41, 5.74) is 1.85. The van der Waals surface area contributed by atoms with Crippen LogP contribution in [0.2, 0.25) is 0 Å². The van der Waals surface area contributed by atoms with Gasteiger partial charge in [0.25, 0.3) is 0 Å². The number of aromatic nitrogens is 5. The van der Waals surface area contributed by atoms with Crippen molar-refractivity contribution in [2.24, 2.45) is 0 Å². The molecule has 1 saturated heterocycles. The Labute approximate surface area is 178 Å². The van der Waals surface area contributed by atoms with Crippen LogP contribution in [0.3, 0.4) is 0 Å². The van der Waals surface area contributed by atoms with Gasteiger partial charge in [-0.1, -0.05) is 19.9 Å². The Morgan fingerprint density at radius 2 is 2.13 bits per heavy atom. The van der Waals surface area contributed by atoms with Gasteiger partial charge in [-0.05, 0) is 42.3 Å². The molecule has 0 radical (unpaired) electrons. The molecule has 1 aliphatic rings. The largest absolute Gasteiger partial charge is 0.441 e. The van der Waals surface area contributed by atoms with E-state index >= 15 is 0 Å². The molecule has 31 heavy (non-hydrogen) atoms. The fraction of sp³-hybridized carbons (Fsp3) is 0.381. The molecule has 9 nitrogen and oxygen atoms in total. The van der Waals surface area contributed by atoms with Crippen LogP contribution in [0.5, 0.6) is 0 Å². The normalized spacial score (nSPS) is 17.1. The van der Waals surface area contributed by atoms with Crippen molar-refractivity contribution in [3.63, 3.8) is 0 Å². The number of nitrogens with zero attached hydrogens (tertiary/aromatic N) is 6. The number of carbonyl (C=O) groups is 1. The van der Waals surface area contributed by atoms with Crippen LogP contribution in [0, 0.1) is 5.82 Å². The second kappa shape index (κ2) is 8.76. The highest BCUT2D eigenvalue weighted by Gasteiger charge is 2.36. The molecule has 1 fully saturated rings. The average Bonchev–Trinajstić information content (AvgIpc) is 3.40. The standard InChI is InChI=1S/C21H23FN6O3/c1-3-9-28-25-20(24-26-28)17-8-5-13(11-23-17)15-7-6-14(10-16(15)22)27-12-19(18(29)4-2)31-21(27)30/h5-8,10-11,18-19,29H,3-4,9,12H2,1-2H3. The molecule has 4 rings (SSSR count). The number of hydrogen-bond donors (Lipinski definition) is 1. The quantitative estimate of drug-likeness (QED) is 0.619. The van der Waals surface area contributed by atoms with Gasteiger partial charge in [-0.3, -0.25) is 9.88 Å². The minimum atomic E-state index is -0.749. The van der Waals surface area contributed by atoms with Crippen LogP contribution in [0.4, 0.5) is 14.9 Å². The van der Waals surface area contributed by atoms with E-state index in [1.165, 1.54) is 15.8 Å². The van der Waals surface area contributed by atoms with Gasteiger partial charge in [-0.25, -0.2) is 9.18 Å². The predicted octanol–water partition coefficient (Wildman–Crippen LogP) is 3.05. The number of halogens is 1. The zero-order valence-corrected chi connectivity index (χ0v) is 17.3. The lowest BCUT2D eigenvalue weighted by atomic mass is 10.1. The Morgan fingerprint density at radius 1 is 1.29 bits per heavy atom. The number of aliphatic hydroxyl groups excluding tert-OH is 1. The molecule has 1 aliphatic heterocycles. The molecule has 162 valence electrons. The molecule has 1 aromatic carbocycles. The lowest BCUT2D eigenvalue weighted by molar-refractivity contribution is 0.0308. The van der Waals surface area contributed by atoms with Crippen LogP contribution in [-0.2, 0) is 11.3 Å². The van der Waals surface area contributed by atoms with Crippen molar-refractivity contribution in [2.45, 2.75) is 45.4 Å². The van der Waals surface area contributed by atoms with Crippen LogP contribution >= 0.6 is 0 Å². The van der Waals surface area contributed by atoms with Gasteiger partial charge < -0.3 is 9.84 Å². The molecule has 2 unspecified atom stereocenters. The monoisotopic (exact) mass is 426 g/mol. The Bertz CT molecular complexity index is 1070. The molecule has 0 aliphatic carbocycles. The van der Waals surface area contributed by atoms with E-state index in [0.717, 1.165) is 6.42 Å². The molecule has 1 N–H and O–H groups in total. The van der Waals surface area contributed by atoms with Gasteiger partial charge in [0, 0.05) is 17.3 Å². The summed E-state index contributed by atoms with van der Waals surface area (Å²) in [4.78, 5) is 19.3. The van der Waals surface area contributed by atoms with E-state index in [2.05, 4.69) is 20.4 Å². The number of carbonyl (C=O) groups excluding carboxylic acids is 1. The van der Waals surface area contributed by atoms with E-state index in [0.29, 0.717) is 41.3 Å². The maximum atomic E-state index is 14.9. The van der Waals surface area contributed by atoms with Crippen molar-refractivity contribution in [2.75, 3.05) is 11.4 Å². The number of hydrogen-bond acceptors (Lipinski definition) is 7. The molecule has 3 heterocycles. The molecule has 10 heteroatoms. The third-order valence-corrected chi connectivity index (χ3v) is 5.13. The summed E-state index contributed by atoms with van der Waals surface area (Å²) in [6.45, 7) is 4.67. The summed E-state index contributed by atoms with van der Waals surface area (Å²) in [6.07, 6.45) is 0.936. The Balaban J connectivity index is 1.52. The average molecular weight is 426 g/mol. The number of cyclic esters (lactones) is 1. The fourth-order valence-electron chi connectivity index (χ4n) is 3.39. The summed E-state index contributed by atoms with van der Waals surface area (Å²) in [7, 11) is 0. The minimum absolute atomic E-state index is 0.175. The number of pyridine rings is 1. The lowest BCUT2D eigenvalue weighted by Gasteiger charge is -2.16. The number of aliphatic hydroxyl groups is 1. The molecule has 2 atom stereocenters. The minimum Gasteiger partial charge on any atom is -0.441 e. The van der Waals surface area contributed by atoms with Crippen molar-refractivity contribution in [3.8, 4) is 22.6 Å². The number of tetrazole rings is 1. The van der Waals surface area contributed by atoms with Gasteiger partial charge in [0.1, 0.15) is 17.6 Å². The summed E-state index contributed by atoms with van der Waals surface area (Å²) < 4.78 is 20.0. The van der Waals surface area contributed by atoms with Crippen LogP contribution < -0.4 is 4.90 Å². The smallest absolute Gasteiger partial charge is 0.414 e. The zero-order valence-electron chi connectivity index (χ0n) is 17.3. The van der Waals surface area contributed by atoms with Crippen molar-refractivity contribution >= 4 is 11.8 Å². The van der Waals surface area contributed by atoms with Crippen molar-refractivity contribution in [3.05, 3.63) is 42.3 Å². The SMILES string of the molecule is CCCn1nnc(-c2ccc(-c3ccc(N4CC(C(O)CC)OC4=O)cc3F)cn2)n1. The third kappa shape index (κ3) is 4.24. The number of anilines is 1. The predicted molar refractivity (Wildman–Crippen MR) is 111 cm³/mol. The number of rotatable bonds is 7. The van der Waals surface area contributed by atoms with Gasteiger partial charge in [0.05, 0.1) is 24.9 Å². The highest BCUT2D eigenvalue weighted by atomic mass is 19.1. The first-order valence-electron chi connectivity index (χ1n) is 10.2. The van der Waals surface area contributed by atoms with Gasteiger partial charge in [-0.15, -0.1) is 10.2 Å². The van der Waals surface area contributed by atoms with Crippen molar-refractivity contribution < 1.29 is 19.0 Å². The Morgan fingerprint density at radius 3 is 2.81 bits per heavy atom. The zero-order chi connectivity index (χ0) is 22.0. The third-order valence-electron chi connectivity index (χ3n) is 5.13. The molecule has 1 amide bonds. The summed E-state index contributed by atoms with van der Waals surface area (Å²) in [5, 5.41) is 22.1. The second-order valence-corrected chi connectivity index (χ2v) is 7.31. The van der Waals surface area contributed by atoms with E-state index in [4.69, 9.17) is 4.74 Å². The van der Waals surface area contributed by atoms with Crippen LogP contribution in [0.1, 0.15) is 26.7 Å². The number of ether oxygens (including phenoxy) is 1. The topological polar surface area (TPSA) is 106 Å². The molecular weight excluding hydrogens is 403 g/mol. The molecule has 2 aromatic heterocycles. The molecule has 3 aromatic rings. The highest BCUT2D eigenvalue weighted by molar-refractivity contribution is 5.90. The highest BCUT2D eigenvalue weighted by Crippen LogP contribution is 2.30. The maximum absolute atomic E-state index is 14.9. The first-order valence-corrected chi connectivity index (χ1v) is 10.2. The number of aryl methyl sites for hydroxylation is 1. The van der Waals surface area contributed by atoms with Crippen molar-refractivity contribution in [1.82, 2.24) is 25.2 Å². The van der Waals surface area contributed by atoms with E-state index in [1.807, 2.05) is 6.92 Å². The Hall–Kier alpha value is -3.40. The Kier molecular flexibility index (Phi) is 5.90. The summed E-state index contributed by atoms with van der Waals surface area (Å²) >= 11 is 0. The van der Waals surface area contributed by atoms with Gasteiger partial charge >= 0.3 is 6.09 Å². The van der Waals surface area contributed by atoms with Gasteiger partial charge in [0.15, 0.2) is 0 Å².